The molecule has 1 aromatic carbocycles. The van der Waals surface area contributed by atoms with Crippen molar-refractivity contribution in [1.29, 1.82) is 0 Å². The number of nitrogens with zero attached hydrogens (tertiary/aromatic N) is 2. The number of fused-ring (bicyclic) bond motifs is 1. The topological polar surface area (TPSA) is 82.0 Å². The van der Waals surface area contributed by atoms with E-state index < -0.39 is 0 Å². The van der Waals surface area contributed by atoms with E-state index in [0.29, 0.717) is 19.0 Å². The summed E-state index contributed by atoms with van der Waals surface area (Å²) in [6.07, 6.45) is 2.61. The van der Waals surface area contributed by atoms with Gasteiger partial charge in [-0.1, -0.05) is 30.3 Å². The highest BCUT2D eigenvalue weighted by atomic mass is 16.7. The summed E-state index contributed by atoms with van der Waals surface area (Å²) in [6, 6.07) is 11.0. The lowest BCUT2D eigenvalue weighted by Crippen LogP contribution is -2.50. The Morgan fingerprint density at radius 2 is 1.97 bits per heavy atom. The van der Waals surface area contributed by atoms with Gasteiger partial charge in [0, 0.05) is 18.7 Å². The van der Waals surface area contributed by atoms with Crippen molar-refractivity contribution in [2.45, 2.75) is 58.7 Å². The molecule has 8 heteroatoms. The van der Waals surface area contributed by atoms with E-state index in [1.54, 1.807) is 9.58 Å². The van der Waals surface area contributed by atoms with Crippen molar-refractivity contribution < 1.29 is 19.0 Å². The first kappa shape index (κ1) is 21.4. The van der Waals surface area contributed by atoms with Crippen LogP contribution >= 0.6 is 0 Å². The maximum Gasteiger partial charge on any atom is 0.278 e. The van der Waals surface area contributed by atoms with Gasteiger partial charge in [0.15, 0.2) is 17.7 Å². The van der Waals surface area contributed by atoms with Crippen molar-refractivity contribution in [3.05, 3.63) is 63.6 Å². The average molecular weight is 428 g/mol. The molecule has 0 aliphatic carbocycles. The van der Waals surface area contributed by atoms with Gasteiger partial charge in [-0.2, -0.15) is 0 Å². The first-order valence-corrected chi connectivity index (χ1v) is 10.8. The first-order valence-electron chi connectivity index (χ1n) is 10.8. The molecule has 1 N–H and O–H groups in total. The fraction of sp³-hybridized carbons (Fsp3) is 0.478. The maximum atomic E-state index is 13.3. The largest absolute Gasteiger partial charge is 0.482 e. The summed E-state index contributed by atoms with van der Waals surface area (Å²) in [6.45, 7) is 5.24. The van der Waals surface area contributed by atoms with Gasteiger partial charge in [0.2, 0.25) is 5.43 Å². The molecule has 2 aromatic rings. The van der Waals surface area contributed by atoms with Crippen molar-refractivity contribution in [1.82, 2.24) is 9.58 Å². The summed E-state index contributed by atoms with van der Waals surface area (Å²) in [7, 11) is 0. The molecule has 0 saturated carbocycles. The Bertz CT molecular complexity index is 967. The molecule has 1 saturated heterocycles. The van der Waals surface area contributed by atoms with Gasteiger partial charge in [-0.25, -0.2) is 0 Å². The number of carbonyl (C=O) groups excluding carboxylic acids is 1. The number of pyridine rings is 1. The van der Waals surface area contributed by atoms with Gasteiger partial charge in [-0.05, 0) is 38.7 Å². The Hall–Kier alpha value is -2.84. The minimum Gasteiger partial charge on any atom is -0.482 e. The molecule has 2 aliphatic rings. The van der Waals surface area contributed by atoms with Crippen molar-refractivity contribution in [3.63, 3.8) is 0 Å². The highest BCUT2D eigenvalue weighted by molar-refractivity contribution is 5.96. The Morgan fingerprint density at radius 3 is 2.68 bits per heavy atom. The van der Waals surface area contributed by atoms with E-state index in [0.717, 1.165) is 24.8 Å². The lowest BCUT2D eigenvalue weighted by atomic mass is 10.2. The predicted octanol–water partition coefficient (Wildman–Crippen LogP) is 2.84. The minimum absolute atomic E-state index is 0.0265. The molecule has 1 fully saturated rings. The molecule has 0 radical (unpaired) electrons. The van der Waals surface area contributed by atoms with Gasteiger partial charge in [-0.15, -0.1) is 0 Å². The van der Waals surface area contributed by atoms with Crippen LogP contribution in [0.15, 0.2) is 41.2 Å². The van der Waals surface area contributed by atoms with Gasteiger partial charge >= 0.3 is 0 Å². The van der Waals surface area contributed by atoms with E-state index in [1.165, 1.54) is 6.07 Å². The number of aromatic nitrogens is 1. The van der Waals surface area contributed by atoms with Crippen LogP contribution in [0.2, 0.25) is 0 Å². The molecule has 0 bridgehead atoms. The zero-order valence-corrected chi connectivity index (χ0v) is 18.0. The molecule has 1 amide bonds. The standard InChI is InChI=1S/C23H29N3O5/c1-16(2)25-15-24-26-18(14-30-20-10-6-7-11-29-20)12-19(27)22(21(26)23(25)28)31-13-17-8-4-3-5-9-17/h3-5,8-9,12,16,20,24H,6-7,10-11,13-15H2,1-2H3. The molecule has 2 aliphatic heterocycles. The van der Waals surface area contributed by atoms with E-state index in [-0.39, 0.29) is 48.3 Å². The van der Waals surface area contributed by atoms with Crippen molar-refractivity contribution in [2.24, 2.45) is 0 Å². The Morgan fingerprint density at radius 1 is 1.16 bits per heavy atom. The van der Waals surface area contributed by atoms with Crippen molar-refractivity contribution in [3.8, 4) is 5.75 Å². The summed E-state index contributed by atoms with van der Waals surface area (Å²) in [5, 5.41) is 0. The van der Waals surface area contributed by atoms with Crippen molar-refractivity contribution >= 4 is 5.91 Å². The molecule has 1 atom stereocenters. The van der Waals surface area contributed by atoms with E-state index in [1.807, 2.05) is 44.2 Å². The molecule has 166 valence electrons. The summed E-state index contributed by atoms with van der Waals surface area (Å²) in [5.74, 6) is -0.200. The molecule has 3 heterocycles. The molecule has 0 spiro atoms. The maximum absolute atomic E-state index is 13.3. The van der Waals surface area contributed by atoms with E-state index in [2.05, 4.69) is 5.43 Å². The molecule has 1 unspecified atom stereocenters. The number of hydrogen-bond donors (Lipinski definition) is 1. The first-order chi connectivity index (χ1) is 15.0. The fourth-order valence-electron chi connectivity index (χ4n) is 3.78. The third-order valence-electron chi connectivity index (χ3n) is 5.51. The van der Waals surface area contributed by atoms with E-state index in [4.69, 9.17) is 14.2 Å². The monoisotopic (exact) mass is 427 g/mol. The van der Waals surface area contributed by atoms with Crippen LogP contribution in [-0.2, 0) is 22.7 Å². The Balaban J connectivity index is 1.64. The van der Waals surface area contributed by atoms with Gasteiger partial charge < -0.3 is 24.5 Å². The second-order valence-corrected chi connectivity index (χ2v) is 8.08. The van der Waals surface area contributed by atoms with Gasteiger partial charge in [-0.3, -0.25) is 14.3 Å². The van der Waals surface area contributed by atoms with Crippen LogP contribution < -0.4 is 15.6 Å². The van der Waals surface area contributed by atoms with E-state index >= 15 is 0 Å². The molecule has 31 heavy (non-hydrogen) atoms. The highest BCUT2D eigenvalue weighted by Gasteiger charge is 2.32. The smallest absolute Gasteiger partial charge is 0.278 e. The van der Waals surface area contributed by atoms with Crippen LogP contribution in [-0.4, -0.2) is 41.1 Å². The summed E-state index contributed by atoms with van der Waals surface area (Å²) in [5.41, 5.74) is 4.57. The van der Waals surface area contributed by atoms with Crippen LogP contribution in [0.4, 0.5) is 0 Å². The van der Waals surface area contributed by atoms with Crippen molar-refractivity contribution in [2.75, 3.05) is 18.7 Å². The lowest BCUT2D eigenvalue weighted by molar-refractivity contribution is -0.169. The summed E-state index contributed by atoms with van der Waals surface area (Å²) >= 11 is 0. The second-order valence-electron chi connectivity index (χ2n) is 8.08. The average Bonchev–Trinajstić information content (AvgIpc) is 2.78. The number of hydrogen-bond acceptors (Lipinski definition) is 6. The van der Waals surface area contributed by atoms with Crippen LogP contribution in [0.3, 0.4) is 0 Å². The lowest BCUT2D eigenvalue weighted by Gasteiger charge is -2.35. The predicted molar refractivity (Wildman–Crippen MR) is 115 cm³/mol. The zero-order valence-electron chi connectivity index (χ0n) is 18.0. The fourth-order valence-corrected chi connectivity index (χ4v) is 3.78. The number of carbonyl (C=O) groups is 1. The Labute approximate surface area is 181 Å². The summed E-state index contributed by atoms with van der Waals surface area (Å²) in [4.78, 5) is 27.9. The van der Waals surface area contributed by atoms with Crippen LogP contribution in [0.25, 0.3) is 0 Å². The second kappa shape index (κ2) is 9.53. The number of rotatable bonds is 7. The van der Waals surface area contributed by atoms with Crippen LogP contribution in [0.5, 0.6) is 5.75 Å². The molecular formula is C23H29N3O5. The third kappa shape index (κ3) is 4.75. The van der Waals surface area contributed by atoms with E-state index in [9.17, 15) is 9.59 Å². The zero-order chi connectivity index (χ0) is 21.8. The normalized spacial score (nSPS) is 18.6. The number of ether oxygens (including phenoxy) is 3. The molecular weight excluding hydrogens is 398 g/mol. The molecule has 1 aromatic heterocycles. The van der Waals surface area contributed by atoms with Crippen LogP contribution in [0, 0.1) is 0 Å². The quantitative estimate of drug-likeness (QED) is 0.732. The number of benzene rings is 1. The number of amides is 1. The van der Waals surface area contributed by atoms with Crippen LogP contribution in [0.1, 0.15) is 54.9 Å². The SMILES string of the molecule is CC(C)N1CNn2c(COC3CCCCO3)cc(=O)c(OCc3ccccc3)c2C1=O. The van der Waals surface area contributed by atoms with Gasteiger partial charge in [0.1, 0.15) is 13.3 Å². The molecule has 8 nitrogen and oxygen atoms in total. The minimum atomic E-state index is -0.342. The van der Waals surface area contributed by atoms with Gasteiger partial charge in [0.05, 0.1) is 12.3 Å². The van der Waals surface area contributed by atoms with Gasteiger partial charge in [0.25, 0.3) is 5.91 Å². The molecule has 4 rings (SSSR count). The highest BCUT2D eigenvalue weighted by Crippen LogP contribution is 2.24. The Kier molecular flexibility index (Phi) is 6.58. The summed E-state index contributed by atoms with van der Waals surface area (Å²) < 4.78 is 19.0. The third-order valence-corrected chi connectivity index (χ3v) is 5.51. The number of nitrogens with one attached hydrogen (secondary N) is 1.